The van der Waals surface area contributed by atoms with Crippen molar-refractivity contribution in [2.45, 2.75) is 75.5 Å². The molecule has 1 heterocycles. The number of carbonyl (C=O) groups excluding carboxylic acids is 1. The minimum Gasteiger partial charge on any atom is -0.327 e. The average molecular weight is 253 g/mol. The lowest BCUT2D eigenvalue weighted by molar-refractivity contribution is 0.177. The van der Waals surface area contributed by atoms with E-state index in [2.05, 4.69) is 26.6 Å². The van der Waals surface area contributed by atoms with Gasteiger partial charge in [-0.1, -0.05) is 43.3 Å². The van der Waals surface area contributed by atoms with Crippen LogP contribution in [-0.2, 0) is 0 Å². The molecule has 0 spiro atoms. The largest absolute Gasteiger partial charge is 0.327 e. The van der Waals surface area contributed by atoms with E-state index >= 15 is 0 Å². The molecule has 0 radical (unpaired) electrons. The van der Waals surface area contributed by atoms with Gasteiger partial charge in [0.2, 0.25) is 0 Å². The molecule has 4 heteroatoms. The van der Waals surface area contributed by atoms with Gasteiger partial charge in [0.25, 0.3) is 5.24 Å². The summed E-state index contributed by atoms with van der Waals surface area (Å²) in [6.45, 7) is 4.30. The van der Waals surface area contributed by atoms with E-state index in [1.807, 2.05) is 0 Å². The topological polar surface area (TPSA) is 20.3 Å². The van der Waals surface area contributed by atoms with E-state index in [0.29, 0.717) is 22.6 Å². The minimum atomic E-state index is 0.322. The predicted octanol–water partition coefficient (Wildman–Crippen LogP) is 3.08. The highest BCUT2D eigenvalue weighted by Gasteiger charge is 2.41. The van der Waals surface area contributed by atoms with Gasteiger partial charge in [-0.25, -0.2) is 0 Å². The molecule has 0 bridgehead atoms. The molecule has 1 saturated carbocycles. The first kappa shape index (κ1) is 13.3. The monoisotopic (exact) mass is 253 g/mol. The predicted molar refractivity (Wildman–Crippen MR) is 77.5 cm³/mol. The maximum atomic E-state index is 12.1. The highest BCUT2D eigenvalue weighted by atomic mass is 32.2. The Hall–Kier alpha value is -0.115. The Balaban J connectivity index is 2.12. The summed E-state index contributed by atoms with van der Waals surface area (Å²) < 4.78 is 0. The maximum absolute atomic E-state index is 12.1. The smallest absolute Gasteiger partial charge is 0.282 e. The van der Waals surface area contributed by atoms with E-state index in [4.69, 9.17) is 0 Å². The minimum absolute atomic E-state index is 0.322. The second-order valence-electron chi connectivity index (χ2n) is 5.97. The zero-order chi connectivity index (χ0) is 12.4. The van der Waals surface area contributed by atoms with Gasteiger partial charge in [0, 0.05) is 17.3 Å². The summed E-state index contributed by atoms with van der Waals surface area (Å²) in [5.74, 6) is 0.785. The Kier molecular flexibility index (Phi) is 4.45. The van der Waals surface area contributed by atoms with Crippen LogP contribution >= 0.6 is 11.8 Å². The van der Waals surface area contributed by atoms with Gasteiger partial charge in [0.05, 0.1) is 0 Å². The van der Waals surface area contributed by atoms with Crippen LogP contribution in [0, 0.1) is 0 Å². The second-order valence-corrected chi connectivity index (χ2v) is 7.16. The molecular formula is C13H24BNOS. The van der Waals surface area contributed by atoms with Crippen molar-refractivity contribution in [3.63, 3.8) is 0 Å². The van der Waals surface area contributed by atoms with Gasteiger partial charge in [-0.2, -0.15) is 0 Å². The molecule has 2 rings (SSSR count). The molecule has 2 nitrogen and oxygen atoms in total. The normalized spacial score (nSPS) is 35.4. The van der Waals surface area contributed by atoms with Crippen LogP contribution in [0.4, 0.5) is 4.79 Å². The molecule has 1 saturated heterocycles. The van der Waals surface area contributed by atoms with Crippen LogP contribution in [0.1, 0.15) is 52.4 Å². The zero-order valence-corrected chi connectivity index (χ0v) is 12.1. The molecule has 1 amide bonds. The van der Waals surface area contributed by atoms with Gasteiger partial charge in [-0.15, -0.1) is 0 Å². The number of thioether (sulfide) groups is 1. The Bertz CT molecular complexity index is 285. The molecule has 0 aromatic carbocycles. The average Bonchev–Trinajstić information content (AvgIpc) is 2.56. The van der Waals surface area contributed by atoms with Crippen LogP contribution in [0.3, 0.4) is 0 Å². The first-order valence-electron chi connectivity index (χ1n) is 7.08. The molecule has 0 aromatic heterocycles. The third kappa shape index (κ3) is 3.01. The van der Waals surface area contributed by atoms with Crippen molar-refractivity contribution in [1.29, 1.82) is 0 Å². The molecule has 1 aliphatic heterocycles. The van der Waals surface area contributed by atoms with Gasteiger partial charge >= 0.3 is 0 Å². The summed E-state index contributed by atoms with van der Waals surface area (Å²) in [4.78, 5) is 14.2. The fourth-order valence-corrected chi connectivity index (χ4v) is 4.82. The van der Waals surface area contributed by atoms with Crippen molar-refractivity contribution < 1.29 is 4.79 Å². The third-order valence-electron chi connectivity index (χ3n) is 4.14. The SMILES string of the molecule is BC1CCCCCC2C(C1)SC(=O)N2C(C)C. The van der Waals surface area contributed by atoms with Crippen LogP contribution in [0.5, 0.6) is 0 Å². The summed E-state index contributed by atoms with van der Waals surface area (Å²) in [6.07, 6.45) is 7.81. The van der Waals surface area contributed by atoms with Crippen molar-refractivity contribution in [2.75, 3.05) is 0 Å². The fourth-order valence-electron chi connectivity index (χ4n) is 3.24. The van der Waals surface area contributed by atoms with E-state index in [-0.39, 0.29) is 0 Å². The summed E-state index contributed by atoms with van der Waals surface area (Å²) in [6, 6.07) is 0.870. The molecule has 3 atom stereocenters. The molecule has 2 fully saturated rings. The number of hydrogen-bond acceptors (Lipinski definition) is 2. The summed E-state index contributed by atoms with van der Waals surface area (Å²) >= 11 is 1.61. The first-order chi connectivity index (χ1) is 8.09. The number of amides is 1. The van der Waals surface area contributed by atoms with Gasteiger partial charge in [0.15, 0.2) is 0 Å². The quantitative estimate of drug-likeness (QED) is 0.669. The van der Waals surface area contributed by atoms with E-state index in [1.54, 1.807) is 11.8 Å². The van der Waals surface area contributed by atoms with Gasteiger partial charge in [-0.3, -0.25) is 4.79 Å². The van der Waals surface area contributed by atoms with E-state index in [9.17, 15) is 4.79 Å². The Morgan fingerprint density at radius 1 is 1.29 bits per heavy atom. The zero-order valence-electron chi connectivity index (χ0n) is 11.3. The van der Waals surface area contributed by atoms with Crippen LogP contribution in [-0.4, -0.2) is 35.3 Å². The van der Waals surface area contributed by atoms with Gasteiger partial charge < -0.3 is 4.90 Å². The Morgan fingerprint density at radius 3 is 2.71 bits per heavy atom. The molecule has 1 aliphatic carbocycles. The molecule has 96 valence electrons. The first-order valence-corrected chi connectivity index (χ1v) is 7.96. The van der Waals surface area contributed by atoms with Crippen molar-refractivity contribution in [3.8, 4) is 0 Å². The standard InChI is InChI=1S/C13H24BNOS/c1-9(2)15-11-7-5-3-4-6-10(14)8-12(11)17-13(15)16/h9-12H,3-8,14H2,1-2H3. The molecule has 0 aromatic rings. The number of nitrogens with zero attached hydrogens (tertiary/aromatic N) is 1. The lowest BCUT2D eigenvalue weighted by Gasteiger charge is -2.30. The maximum Gasteiger partial charge on any atom is 0.282 e. The van der Waals surface area contributed by atoms with Crippen LogP contribution in [0.25, 0.3) is 0 Å². The lowest BCUT2D eigenvalue weighted by atomic mass is 9.79. The molecule has 2 aliphatic rings. The Morgan fingerprint density at radius 2 is 2.00 bits per heavy atom. The number of hydrogen-bond donors (Lipinski definition) is 0. The number of carbonyl (C=O) groups is 1. The van der Waals surface area contributed by atoms with Crippen LogP contribution < -0.4 is 0 Å². The van der Waals surface area contributed by atoms with Crippen molar-refractivity contribution >= 4 is 24.8 Å². The highest BCUT2D eigenvalue weighted by Crippen LogP contribution is 2.41. The van der Waals surface area contributed by atoms with Gasteiger partial charge in [0.1, 0.15) is 7.85 Å². The third-order valence-corrected chi connectivity index (χ3v) is 5.36. The lowest BCUT2D eigenvalue weighted by Crippen LogP contribution is -2.41. The summed E-state index contributed by atoms with van der Waals surface area (Å²) in [5, 5.41) is 0.876. The second kappa shape index (κ2) is 5.68. The van der Waals surface area contributed by atoms with E-state index < -0.39 is 0 Å². The summed E-state index contributed by atoms with van der Waals surface area (Å²) in [7, 11) is 2.35. The Labute approximate surface area is 110 Å². The van der Waals surface area contributed by atoms with Gasteiger partial charge in [-0.05, 0) is 26.7 Å². The molecule has 17 heavy (non-hydrogen) atoms. The summed E-state index contributed by atoms with van der Waals surface area (Å²) in [5.41, 5.74) is 0. The van der Waals surface area contributed by atoms with Crippen molar-refractivity contribution in [2.24, 2.45) is 0 Å². The molecular weight excluding hydrogens is 229 g/mol. The van der Waals surface area contributed by atoms with Crippen molar-refractivity contribution in [3.05, 3.63) is 0 Å². The molecule has 3 unspecified atom stereocenters. The van der Waals surface area contributed by atoms with Crippen molar-refractivity contribution in [1.82, 2.24) is 4.90 Å². The van der Waals surface area contributed by atoms with E-state index in [1.165, 1.54) is 38.5 Å². The van der Waals surface area contributed by atoms with Crippen LogP contribution in [0.2, 0.25) is 5.82 Å². The van der Waals surface area contributed by atoms with Crippen LogP contribution in [0.15, 0.2) is 0 Å². The highest BCUT2D eigenvalue weighted by molar-refractivity contribution is 8.14. The number of rotatable bonds is 1. The molecule has 0 N–H and O–H groups in total. The van der Waals surface area contributed by atoms with E-state index in [0.717, 1.165) is 5.82 Å². The number of fused-ring (bicyclic) bond motifs is 1. The fraction of sp³-hybridized carbons (Fsp3) is 0.923.